The molecule has 1 heterocycles. The van der Waals surface area contributed by atoms with Crippen LogP contribution in [0.5, 0.6) is 0 Å². The summed E-state index contributed by atoms with van der Waals surface area (Å²) >= 11 is 6.14. The lowest BCUT2D eigenvalue weighted by molar-refractivity contribution is -0.127. The summed E-state index contributed by atoms with van der Waals surface area (Å²) in [5.41, 5.74) is 5.32. The number of hydrogen-bond donors (Lipinski definition) is 2. The second kappa shape index (κ2) is 7.26. The molecular weight excluding hydrogens is 312 g/mol. The lowest BCUT2D eigenvalue weighted by Crippen LogP contribution is -2.42. The molecule has 3 amide bonds. The first-order chi connectivity index (χ1) is 10.1. The van der Waals surface area contributed by atoms with E-state index in [0.29, 0.717) is 18.2 Å². The van der Waals surface area contributed by atoms with Gasteiger partial charge in [-0.3, -0.25) is 14.8 Å². The Bertz CT molecular complexity index is 597. The lowest BCUT2D eigenvalue weighted by atomic mass is 10.2. The maximum absolute atomic E-state index is 12.1. The first-order valence-corrected chi connectivity index (χ1v) is 7.05. The molecule has 8 nitrogen and oxygen atoms in total. The summed E-state index contributed by atoms with van der Waals surface area (Å²) in [6.07, 6.45) is -1.19. The van der Waals surface area contributed by atoms with Gasteiger partial charge in [-0.15, -0.1) is 0 Å². The predicted molar refractivity (Wildman–Crippen MR) is 79.4 cm³/mol. The number of carbonyl (C=O) groups is 3. The first-order valence-electron chi connectivity index (χ1n) is 6.67. The van der Waals surface area contributed by atoms with Crippen LogP contribution in [0.3, 0.4) is 0 Å². The summed E-state index contributed by atoms with van der Waals surface area (Å²) < 4.78 is 6.49. The van der Waals surface area contributed by atoms with Crippen LogP contribution < -0.4 is 11.1 Å². The third-order valence-electron chi connectivity index (χ3n) is 2.71. The highest BCUT2D eigenvalue weighted by Gasteiger charge is 2.26. The van der Waals surface area contributed by atoms with E-state index in [9.17, 15) is 14.4 Å². The first kappa shape index (κ1) is 18.0. The van der Waals surface area contributed by atoms with Crippen molar-refractivity contribution >= 4 is 29.5 Å². The van der Waals surface area contributed by atoms with Crippen molar-refractivity contribution in [1.29, 1.82) is 0 Å². The quantitative estimate of drug-likeness (QED) is 0.788. The maximum Gasteiger partial charge on any atom is 0.343 e. The Kier molecular flexibility index (Phi) is 5.92. The topological polar surface area (TPSA) is 116 Å². The molecule has 0 saturated carbocycles. The number of nitrogens with two attached hydrogens (primary N) is 1. The molecule has 22 heavy (non-hydrogen) atoms. The monoisotopic (exact) mass is 330 g/mol. The number of nitrogens with one attached hydrogen (secondary N) is 1. The van der Waals surface area contributed by atoms with Crippen LogP contribution in [0.1, 0.15) is 36.8 Å². The van der Waals surface area contributed by atoms with Crippen molar-refractivity contribution in [3.63, 3.8) is 0 Å². The summed E-state index contributed by atoms with van der Waals surface area (Å²) in [5.74, 6) is -1.31. The molecular formula is C13H19ClN4O4. The van der Waals surface area contributed by atoms with Crippen molar-refractivity contribution in [1.82, 2.24) is 15.1 Å². The van der Waals surface area contributed by atoms with Crippen LogP contribution in [0.2, 0.25) is 5.15 Å². The van der Waals surface area contributed by atoms with Crippen molar-refractivity contribution in [2.24, 2.45) is 11.7 Å². The molecule has 1 rings (SSSR count). The Morgan fingerprint density at radius 3 is 2.45 bits per heavy atom. The normalized spacial score (nSPS) is 12.1. The van der Waals surface area contributed by atoms with Crippen LogP contribution in [-0.4, -0.2) is 33.8 Å². The molecule has 0 spiro atoms. The van der Waals surface area contributed by atoms with E-state index in [1.165, 1.54) is 11.6 Å². The average molecular weight is 331 g/mol. The molecule has 0 unspecified atom stereocenters. The molecule has 0 saturated heterocycles. The number of rotatable bonds is 5. The van der Waals surface area contributed by atoms with Crippen molar-refractivity contribution in [2.45, 2.75) is 40.3 Å². The third kappa shape index (κ3) is 4.45. The Balaban J connectivity index is 2.88. The summed E-state index contributed by atoms with van der Waals surface area (Å²) in [6.45, 7) is 7.46. The van der Waals surface area contributed by atoms with Gasteiger partial charge in [-0.1, -0.05) is 25.4 Å². The number of primary amides is 1. The van der Waals surface area contributed by atoms with E-state index in [-0.39, 0.29) is 10.7 Å². The zero-order valence-corrected chi connectivity index (χ0v) is 13.6. The standard InChI is InChI=1S/C13H19ClN4O4/c1-6(2)5-18-10(14)9(7(3)17-18)12(20)22-8(4)11(19)16-13(15)21/h6,8H,5H2,1-4H3,(H3,15,16,19,21)/t8-/m1/s1. The van der Waals surface area contributed by atoms with E-state index in [1.54, 1.807) is 6.92 Å². The van der Waals surface area contributed by atoms with Gasteiger partial charge in [-0.2, -0.15) is 5.10 Å². The number of nitrogens with zero attached hydrogens (tertiary/aromatic N) is 2. The molecule has 0 aliphatic heterocycles. The fourth-order valence-corrected chi connectivity index (χ4v) is 2.07. The number of urea groups is 1. The minimum Gasteiger partial charge on any atom is -0.449 e. The molecule has 0 aliphatic carbocycles. The highest BCUT2D eigenvalue weighted by Crippen LogP contribution is 2.22. The number of halogens is 1. The van der Waals surface area contributed by atoms with Crippen LogP contribution in [0.4, 0.5) is 4.79 Å². The summed E-state index contributed by atoms with van der Waals surface area (Å²) in [7, 11) is 0. The van der Waals surface area contributed by atoms with Crippen LogP contribution in [0.15, 0.2) is 0 Å². The largest absolute Gasteiger partial charge is 0.449 e. The number of imide groups is 1. The lowest BCUT2D eigenvalue weighted by Gasteiger charge is -2.12. The Morgan fingerprint density at radius 1 is 1.36 bits per heavy atom. The fraction of sp³-hybridized carbons (Fsp3) is 0.538. The van der Waals surface area contributed by atoms with Crippen molar-refractivity contribution in [3.8, 4) is 0 Å². The molecule has 9 heteroatoms. The van der Waals surface area contributed by atoms with Crippen LogP contribution in [0, 0.1) is 12.8 Å². The summed E-state index contributed by atoms with van der Waals surface area (Å²) in [5, 5.41) is 6.16. The predicted octanol–water partition coefficient (Wildman–Crippen LogP) is 1.24. The van der Waals surface area contributed by atoms with E-state index in [0.717, 1.165) is 0 Å². The summed E-state index contributed by atoms with van der Waals surface area (Å²) in [6, 6.07) is -1.02. The molecule has 0 aliphatic rings. The average Bonchev–Trinajstić information content (AvgIpc) is 2.62. The van der Waals surface area contributed by atoms with Crippen LogP contribution in [-0.2, 0) is 16.1 Å². The molecule has 1 aromatic rings. The zero-order valence-electron chi connectivity index (χ0n) is 12.8. The van der Waals surface area contributed by atoms with Gasteiger partial charge in [0.25, 0.3) is 5.91 Å². The molecule has 1 aromatic heterocycles. The minimum atomic E-state index is -1.19. The summed E-state index contributed by atoms with van der Waals surface area (Å²) in [4.78, 5) is 34.2. The van der Waals surface area contributed by atoms with Gasteiger partial charge < -0.3 is 10.5 Å². The van der Waals surface area contributed by atoms with Crippen molar-refractivity contribution < 1.29 is 19.1 Å². The van der Waals surface area contributed by atoms with Gasteiger partial charge in [-0.05, 0) is 19.8 Å². The second-order valence-electron chi connectivity index (χ2n) is 5.23. The number of aromatic nitrogens is 2. The van der Waals surface area contributed by atoms with Gasteiger partial charge in [0.2, 0.25) is 0 Å². The second-order valence-corrected chi connectivity index (χ2v) is 5.59. The fourth-order valence-electron chi connectivity index (χ4n) is 1.75. The van der Waals surface area contributed by atoms with E-state index < -0.39 is 24.0 Å². The van der Waals surface area contributed by atoms with Gasteiger partial charge in [0.15, 0.2) is 6.10 Å². The molecule has 1 atom stereocenters. The number of amides is 3. The van der Waals surface area contributed by atoms with Gasteiger partial charge in [0.1, 0.15) is 10.7 Å². The zero-order chi connectivity index (χ0) is 17.0. The van der Waals surface area contributed by atoms with Gasteiger partial charge in [0.05, 0.1) is 5.69 Å². The van der Waals surface area contributed by atoms with Crippen molar-refractivity contribution in [3.05, 3.63) is 16.4 Å². The number of carbonyl (C=O) groups excluding carboxylic acids is 3. The smallest absolute Gasteiger partial charge is 0.343 e. The highest BCUT2D eigenvalue weighted by atomic mass is 35.5. The number of esters is 1. The minimum absolute atomic E-state index is 0.0982. The Hall–Kier alpha value is -2.09. The molecule has 0 fully saturated rings. The number of aryl methyl sites for hydroxylation is 1. The maximum atomic E-state index is 12.1. The molecule has 0 radical (unpaired) electrons. The number of ether oxygens (including phenoxy) is 1. The van der Waals surface area contributed by atoms with Crippen molar-refractivity contribution in [2.75, 3.05) is 0 Å². The van der Waals surface area contributed by atoms with E-state index in [2.05, 4.69) is 5.10 Å². The Labute approximate surface area is 132 Å². The van der Waals surface area contributed by atoms with E-state index in [1.807, 2.05) is 19.2 Å². The molecule has 122 valence electrons. The van der Waals surface area contributed by atoms with E-state index >= 15 is 0 Å². The molecule has 0 bridgehead atoms. The SMILES string of the molecule is Cc1nn(CC(C)C)c(Cl)c1C(=O)O[C@H](C)C(=O)NC(N)=O. The van der Waals surface area contributed by atoms with Gasteiger partial charge in [0, 0.05) is 6.54 Å². The number of hydrogen-bond acceptors (Lipinski definition) is 5. The highest BCUT2D eigenvalue weighted by molar-refractivity contribution is 6.32. The Morgan fingerprint density at radius 2 is 1.95 bits per heavy atom. The third-order valence-corrected chi connectivity index (χ3v) is 3.09. The molecule has 0 aromatic carbocycles. The van der Waals surface area contributed by atoms with Crippen LogP contribution >= 0.6 is 11.6 Å². The molecule has 3 N–H and O–H groups in total. The van der Waals surface area contributed by atoms with Gasteiger partial charge in [-0.25, -0.2) is 9.59 Å². The van der Waals surface area contributed by atoms with Gasteiger partial charge >= 0.3 is 12.0 Å². The van der Waals surface area contributed by atoms with Crippen LogP contribution in [0.25, 0.3) is 0 Å². The van der Waals surface area contributed by atoms with E-state index in [4.69, 9.17) is 22.1 Å².